The van der Waals surface area contributed by atoms with Gasteiger partial charge >= 0.3 is 0 Å². The van der Waals surface area contributed by atoms with Crippen LogP contribution in [-0.2, 0) is 0 Å². The van der Waals surface area contributed by atoms with E-state index in [0.29, 0.717) is 5.92 Å². The maximum Gasteiger partial charge on any atom is 0.203 e. The van der Waals surface area contributed by atoms with E-state index in [1.807, 2.05) is 18.2 Å². The van der Waals surface area contributed by atoms with Gasteiger partial charge in [0.1, 0.15) is 0 Å². The first-order chi connectivity index (χ1) is 9.90. The van der Waals surface area contributed by atoms with Crippen molar-refractivity contribution in [3.8, 4) is 11.3 Å². The van der Waals surface area contributed by atoms with E-state index in [-0.39, 0.29) is 0 Å². The molecule has 100 valence electrons. The van der Waals surface area contributed by atoms with E-state index in [4.69, 9.17) is 0 Å². The van der Waals surface area contributed by atoms with Crippen LogP contribution in [0.5, 0.6) is 0 Å². The predicted molar refractivity (Wildman–Crippen MR) is 84.0 cm³/mol. The second-order valence-corrected chi connectivity index (χ2v) is 6.12. The molecule has 0 unspecified atom stereocenters. The molecule has 1 saturated carbocycles. The molecule has 3 nitrogen and oxygen atoms in total. The Kier molecular flexibility index (Phi) is 2.89. The maximum absolute atomic E-state index is 4.58. The average Bonchev–Trinajstić information content (AvgIpc) is 3.08. The highest BCUT2D eigenvalue weighted by Crippen LogP contribution is 2.40. The molecule has 0 saturated heterocycles. The highest BCUT2D eigenvalue weighted by molar-refractivity contribution is 7.14. The quantitative estimate of drug-likeness (QED) is 0.677. The third-order valence-corrected chi connectivity index (χ3v) is 4.78. The lowest BCUT2D eigenvalue weighted by Gasteiger charge is -2.31. The number of nitrogens with one attached hydrogen (secondary N) is 1. The normalized spacial score (nSPS) is 25.5. The molecular formula is C16H15N3S. The van der Waals surface area contributed by atoms with Crippen molar-refractivity contribution in [2.45, 2.75) is 12.8 Å². The van der Waals surface area contributed by atoms with Gasteiger partial charge in [0.2, 0.25) is 5.13 Å². The molecule has 4 heteroatoms. The van der Waals surface area contributed by atoms with E-state index in [1.54, 1.807) is 11.3 Å². The van der Waals surface area contributed by atoms with Gasteiger partial charge in [-0.15, -0.1) is 11.3 Å². The van der Waals surface area contributed by atoms with Gasteiger partial charge in [-0.05, 0) is 18.8 Å². The van der Waals surface area contributed by atoms with Crippen LogP contribution in [0.25, 0.3) is 11.3 Å². The summed E-state index contributed by atoms with van der Waals surface area (Å²) < 4.78 is 0. The molecule has 2 aliphatic carbocycles. The van der Waals surface area contributed by atoms with E-state index < -0.39 is 0 Å². The van der Waals surface area contributed by atoms with E-state index in [2.05, 4.69) is 45.2 Å². The number of allylic oxidation sites excluding steroid dienone is 2. The smallest absolute Gasteiger partial charge is 0.203 e. The first-order valence-corrected chi connectivity index (χ1v) is 7.78. The Labute approximate surface area is 122 Å². The number of fused-ring (bicyclic) bond motifs is 1. The zero-order chi connectivity index (χ0) is 13.4. The van der Waals surface area contributed by atoms with Gasteiger partial charge in [-0.3, -0.25) is 5.43 Å². The summed E-state index contributed by atoms with van der Waals surface area (Å²) in [5, 5.41) is 7.46. The standard InChI is InChI=1S/C16H15N3S/c1-2-5-11(6-3-1)15-10-20-16(17-15)19-18-14-9-12-7-4-8-13(12)14/h1-7,10,12-13H,8-9H2,(H,17,19)/b18-14+/t12-,13-/m0/s1. The van der Waals surface area contributed by atoms with Crippen LogP contribution in [-0.4, -0.2) is 10.7 Å². The lowest BCUT2D eigenvalue weighted by Crippen LogP contribution is -2.33. The van der Waals surface area contributed by atoms with Gasteiger partial charge in [0.25, 0.3) is 0 Å². The van der Waals surface area contributed by atoms with Gasteiger partial charge in [-0.1, -0.05) is 42.5 Å². The Morgan fingerprint density at radius 2 is 2.15 bits per heavy atom. The van der Waals surface area contributed by atoms with Crippen molar-refractivity contribution >= 4 is 22.2 Å². The Balaban J connectivity index is 1.46. The summed E-state index contributed by atoms with van der Waals surface area (Å²) in [5.41, 5.74) is 6.56. The number of hydrogen-bond donors (Lipinski definition) is 1. The van der Waals surface area contributed by atoms with Gasteiger partial charge < -0.3 is 0 Å². The molecule has 0 amide bonds. The Morgan fingerprint density at radius 1 is 1.25 bits per heavy atom. The maximum atomic E-state index is 4.58. The van der Waals surface area contributed by atoms with Crippen LogP contribution in [0.15, 0.2) is 53.0 Å². The van der Waals surface area contributed by atoms with Gasteiger partial charge in [0.05, 0.1) is 5.69 Å². The molecule has 4 rings (SSSR count). The SMILES string of the molecule is C1=C[C@H]2C/C(=N\Nc3nc(-c4ccccc4)cs3)[C@H]2C1. The van der Waals surface area contributed by atoms with Crippen molar-refractivity contribution in [2.75, 3.05) is 5.43 Å². The minimum Gasteiger partial charge on any atom is -0.253 e. The largest absolute Gasteiger partial charge is 0.253 e. The first-order valence-electron chi connectivity index (χ1n) is 6.90. The number of nitrogens with zero attached hydrogens (tertiary/aromatic N) is 2. The second kappa shape index (κ2) is 4.87. The third kappa shape index (κ3) is 2.06. The number of thiazole rings is 1. The topological polar surface area (TPSA) is 37.3 Å². The Morgan fingerprint density at radius 3 is 3.00 bits per heavy atom. The Bertz CT molecular complexity index is 672. The molecule has 2 aliphatic rings. The number of hydrazone groups is 1. The van der Waals surface area contributed by atoms with Crippen LogP contribution in [0.2, 0.25) is 0 Å². The molecule has 1 aromatic carbocycles. The lowest BCUT2D eigenvalue weighted by atomic mass is 9.74. The first kappa shape index (κ1) is 11.9. The third-order valence-electron chi connectivity index (χ3n) is 4.03. The summed E-state index contributed by atoms with van der Waals surface area (Å²) in [7, 11) is 0. The van der Waals surface area contributed by atoms with Crippen LogP contribution in [0, 0.1) is 11.8 Å². The van der Waals surface area contributed by atoms with Crippen LogP contribution in [0.4, 0.5) is 5.13 Å². The zero-order valence-electron chi connectivity index (χ0n) is 11.0. The minimum absolute atomic E-state index is 0.649. The molecule has 1 aromatic heterocycles. The zero-order valence-corrected chi connectivity index (χ0v) is 11.8. The van der Waals surface area contributed by atoms with Crippen molar-refractivity contribution in [3.05, 3.63) is 47.9 Å². The molecule has 0 radical (unpaired) electrons. The van der Waals surface area contributed by atoms with Gasteiger partial charge in [0.15, 0.2) is 0 Å². The molecule has 2 aromatic rings. The van der Waals surface area contributed by atoms with Crippen LogP contribution in [0.1, 0.15) is 12.8 Å². The van der Waals surface area contributed by atoms with Crippen molar-refractivity contribution in [1.29, 1.82) is 0 Å². The molecule has 1 N–H and O–H groups in total. The molecule has 0 aliphatic heterocycles. The van der Waals surface area contributed by atoms with Crippen LogP contribution >= 0.6 is 11.3 Å². The summed E-state index contributed by atoms with van der Waals surface area (Å²) in [5.74, 6) is 1.39. The fourth-order valence-corrected chi connectivity index (χ4v) is 3.51. The van der Waals surface area contributed by atoms with Crippen LogP contribution < -0.4 is 5.43 Å². The van der Waals surface area contributed by atoms with Crippen molar-refractivity contribution in [2.24, 2.45) is 16.9 Å². The Hall–Kier alpha value is -1.94. The summed E-state index contributed by atoms with van der Waals surface area (Å²) in [6, 6.07) is 10.2. The van der Waals surface area contributed by atoms with Crippen molar-refractivity contribution in [3.63, 3.8) is 0 Å². The summed E-state index contributed by atoms with van der Waals surface area (Å²) in [6.07, 6.45) is 6.85. The van der Waals surface area contributed by atoms with Gasteiger partial charge in [0, 0.05) is 22.6 Å². The molecule has 1 fully saturated rings. The molecule has 20 heavy (non-hydrogen) atoms. The molecular weight excluding hydrogens is 266 g/mol. The lowest BCUT2D eigenvalue weighted by molar-refractivity contribution is 0.466. The van der Waals surface area contributed by atoms with E-state index in [0.717, 1.165) is 35.1 Å². The van der Waals surface area contributed by atoms with E-state index in [1.165, 1.54) is 5.71 Å². The van der Waals surface area contributed by atoms with Gasteiger partial charge in [-0.2, -0.15) is 5.10 Å². The minimum atomic E-state index is 0.649. The summed E-state index contributed by atoms with van der Waals surface area (Å²) >= 11 is 1.60. The average molecular weight is 281 g/mol. The number of aromatic nitrogens is 1. The molecule has 2 atom stereocenters. The van der Waals surface area contributed by atoms with Crippen molar-refractivity contribution < 1.29 is 0 Å². The number of hydrogen-bond acceptors (Lipinski definition) is 4. The summed E-state index contributed by atoms with van der Waals surface area (Å²) in [6.45, 7) is 0. The molecule has 0 bridgehead atoms. The number of anilines is 1. The van der Waals surface area contributed by atoms with Crippen molar-refractivity contribution in [1.82, 2.24) is 4.98 Å². The summed E-state index contributed by atoms with van der Waals surface area (Å²) in [4.78, 5) is 4.58. The molecule has 1 heterocycles. The number of rotatable bonds is 3. The van der Waals surface area contributed by atoms with E-state index >= 15 is 0 Å². The highest BCUT2D eigenvalue weighted by Gasteiger charge is 2.37. The van der Waals surface area contributed by atoms with E-state index in [9.17, 15) is 0 Å². The van der Waals surface area contributed by atoms with Gasteiger partial charge in [-0.25, -0.2) is 4.98 Å². The fraction of sp³-hybridized carbons (Fsp3) is 0.250. The van der Waals surface area contributed by atoms with Crippen LogP contribution in [0.3, 0.4) is 0 Å². The monoisotopic (exact) mass is 281 g/mol. The number of benzene rings is 1. The molecule has 0 spiro atoms. The fourth-order valence-electron chi connectivity index (χ4n) is 2.85. The predicted octanol–water partition coefficient (Wildman–Crippen LogP) is 4.17. The second-order valence-electron chi connectivity index (χ2n) is 5.26. The highest BCUT2D eigenvalue weighted by atomic mass is 32.1.